The standard InChI is InChI=1S/C40H28N4/c1-2-10-27(11-3-1)28-16-19-33-34(24-28)40(30-18-21-38(44-26-30)36-15-7-9-23-42-36)32-13-5-4-12-31(32)39(33)29-17-20-37(43-25-29)35-14-6-8-22-41-35/h1-11,13-26,31H,12H2. The molecule has 0 aliphatic heterocycles. The molecule has 4 heterocycles. The summed E-state index contributed by atoms with van der Waals surface area (Å²) in [6.45, 7) is 0. The van der Waals surface area contributed by atoms with E-state index in [2.05, 4.69) is 101 Å². The lowest BCUT2D eigenvalue weighted by Gasteiger charge is -2.31. The fourth-order valence-electron chi connectivity index (χ4n) is 6.41. The normalized spacial score (nSPS) is 15.4. The van der Waals surface area contributed by atoms with Gasteiger partial charge in [0.1, 0.15) is 0 Å². The predicted molar refractivity (Wildman–Crippen MR) is 176 cm³/mol. The number of hydrogen-bond acceptors (Lipinski definition) is 4. The molecule has 0 saturated carbocycles. The average molecular weight is 565 g/mol. The molecule has 0 spiro atoms. The van der Waals surface area contributed by atoms with E-state index in [0.717, 1.165) is 40.3 Å². The lowest BCUT2D eigenvalue weighted by Crippen LogP contribution is -2.38. The highest BCUT2D eigenvalue weighted by Gasteiger charge is 2.30. The number of allylic oxidation sites excluding steroid dienone is 4. The molecule has 0 fully saturated rings. The van der Waals surface area contributed by atoms with Gasteiger partial charge in [0.25, 0.3) is 0 Å². The number of rotatable bonds is 5. The molecule has 2 aliphatic rings. The Hall–Kier alpha value is -5.74. The molecule has 208 valence electrons. The molecule has 4 aromatic heterocycles. The van der Waals surface area contributed by atoms with Crippen LogP contribution in [0, 0.1) is 5.92 Å². The van der Waals surface area contributed by atoms with E-state index < -0.39 is 0 Å². The highest BCUT2D eigenvalue weighted by molar-refractivity contribution is 5.89. The molecule has 8 rings (SSSR count). The number of fused-ring (bicyclic) bond motifs is 2. The van der Waals surface area contributed by atoms with E-state index in [1.807, 2.05) is 55.0 Å². The van der Waals surface area contributed by atoms with Crippen LogP contribution in [0.3, 0.4) is 0 Å². The Bertz CT molecular complexity index is 2150. The lowest BCUT2D eigenvalue weighted by atomic mass is 9.72. The van der Waals surface area contributed by atoms with Crippen molar-refractivity contribution < 1.29 is 0 Å². The van der Waals surface area contributed by atoms with Crippen LogP contribution < -0.4 is 10.4 Å². The van der Waals surface area contributed by atoms with Gasteiger partial charge in [0.15, 0.2) is 0 Å². The summed E-state index contributed by atoms with van der Waals surface area (Å²) in [5.74, 6) is 0.197. The third-order valence-corrected chi connectivity index (χ3v) is 8.46. The van der Waals surface area contributed by atoms with Crippen molar-refractivity contribution in [3.63, 3.8) is 0 Å². The van der Waals surface area contributed by atoms with E-state index in [1.165, 1.54) is 38.3 Å². The van der Waals surface area contributed by atoms with Gasteiger partial charge in [-0.05, 0) is 92.7 Å². The van der Waals surface area contributed by atoms with Crippen LogP contribution in [0.5, 0.6) is 0 Å². The van der Waals surface area contributed by atoms with Gasteiger partial charge in [-0.25, -0.2) is 0 Å². The van der Waals surface area contributed by atoms with Gasteiger partial charge in [0.2, 0.25) is 0 Å². The van der Waals surface area contributed by atoms with Gasteiger partial charge >= 0.3 is 0 Å². The minimum atomic E-state index is 0.197. The van der Waals surface area contributed by atoms with Crippen molar-refractivity contribution in [1.82, 2.24) is 19.9 Å². The monoisotopic (exact) mass is 564 g/mol. The SMILES string of the molecule is C1=CCC2C(=C1)C(c1ccc(-c3ccccn3)nc1)=c1cc(-c3ccccc3)ccc1=C2c1ccc(-c2ccccn2)nc1. The fourth-order valence-corrected chi connectivity index (χ4v) is 6.41. The van der Waals surface area contributed by atoms with Crippen molar-refractivity contribution in [3.8, 4) is 33.9 Å². The van der Waals surface area contributed by atoms with Gasteiger partial charge in [-0.1, -0.05) is 85.0 Å². The molecule has 1 unspecified atom stereocenters. The molecule has 2 aliphatic carbocycles. The van der Waals surface area contributed by atoms with Crippen LogP contribution in [0.1, 0.15) is 17.5 Å². The Morgan fingerprint density at radius 2 is 1.14 bits per heavy atom. The van der Waals surface area contributed by atoms with Crippen molar-refractivity contribution in [1.29, 1.82) is 0 Å². The van der Waals surface area contributed by atoms with E-state index in [1.54, 1.807) is 6.20 Å². The topological polar surface area (TPSA) is 51.6 Å². The van der Waals surface area contributed by atoms with E-state index in [4.69, 9.17) is 9.97 Å². The first-order chi connectivity index (χ1) is 21.8. The Labute approximate surface area is 256 Å². The minimum absolute atomic E-state index is 0.197. The predicted octanol–water partition coefficient (Wildman–Crippen LogP) is 7.18. The summed E-state index contributed by atoms with van der Waals surface area (Å²) in [4.78, 5) is 18.8. The van der Waals surface area contributed by atoms with Gasteiger partial charge in [0.05, 0.1) is 22.8 Å². The van der Waals surface area contributed by atoms with Crippen LogP contribution in [0.4, 0.5) is 0 Å². The molecule has 4 nitrogen and oxygen atoms in total. The van der Waals surface area contributed by atoms with Crippen molar-refractivity contribution >= 4 is 11.1 Å². The summed E-state index contributed by atoms with van der Waals surface area (Å²) < 4.78 is 0. The molecule has 1 atom stereocenters. The zero-order chi connectivity index (χ0) is 29.3. The first kappa shape index (κ1) is 25.9. The van der Waals surface area contributed by atoms with Crippen LogP contribution in [0.25, 0.3) is 45.0 Å². The number of pyridine rings is 4. The maximum absolute atomic E-state index is 4.88. The van der Waals surface area contributed by atoms with Gasteiger partial charge in [0, 0.05) is 36.3 Å². The molecule has 6 aromatic rings. The van der Waals surface area contributed by atoms with Crippen LogP contribution in [0.2, 0.25) is 0 Å². The summed E-state index contributed by atoms with van der Waals surface area (Å²) in [6, 6.07) is 37.9. The van der Waals surface area contributed by atoms with Crippen LogP contribution >= 0.6 is 0 Å². The summed E-state index contributed by atoms with van der Waals surface area (Å²) in [6.07, 6.45) is 15.3. The molecular weight excluding hydrogens is 536 g/mol. The lowest BCUT2D eigenvalue weighted by molar-refractivity contribution is 0.797. The molecule has 0 bridgehead atoms. The summed E-state index contributed by atoms with van der Waals surface area (Å²) >= 11 is 0. The summed E-state index contributed by atoms with van der Waals surface area (Å²) in [5, 5.41) is 2.44. The zero-order valence-electron chi connectivity index (χ0n) is 24.0. The highest BCUT2D eigenvalue weighted by Crippen LogP contribution is 2.40. The van der Waals surface area contributed by atoms with Crippen molar-refractivity contribution in [2.75, 3.05) is 0 Å². The molecule has 4 heteroatoms. The minimum Gasteiger partial charge on any atom is -0.255 e. The Kier molecular flexibility index (Phi) is 6.58. The average Bonchev–Trinajstić information content (AvgIpc) is 3.12. The zero-order valence-corrected chi connectivity index (χ0v) is 24.0. The molecule has 2 aromatic carbocycles. The highest BCUT2D eigenvalue weighted by atomic mass is 14.8. The molecule has 0 radical (unpaired) electrons. The molecule has 0 saturated heterocycles. The number of benzene rings is 2. The second-order valence-corrected chi connectivity index (χ2v) is 11.0. The second kappa shape index (κ2) is 11.2. The van der Waals surface area contributed by atoms with Crippen molar-refractivity contribution in [3.05, 3.63) is 179 Å². The van der Waals surface area contributed by atoms with Crippen molar-refractivity contribution in [2.45, 2.75) is 6.42 Å². The first-order valence-corrected chi connectivity index (χ1v) is 14.9. The van der Waals surface area contributed by atoms with Gasteiger partial charge in [-0.2, -0.15) is 0 Å². The molecular formula is C40H28N4. The van der Waals surface area contributed by atoms with Gasteiger partial charge < -0.3 is 0 Å². The van der Waals surface area contributed by atoms with Crippen LogP contribution in [-0.2, 0) is 0 Å². The third kappa shape index (κ3) is 4.67. The van der Waals surface area contributed by atoms with Crippen molar-refractivity contribution in [2.24, 2.45) is 5.92 Å². The molecule has 44 heavy (non-hydrogen) atoms. The van der Waals surface area contributed by atoms with E-state index in [0.29, 0.717) is 0 Å². The quantitative estimate of drug-likeness (QED) is 0.223. The molecule has 0 amide bonds. The maximum Gasteiger partial charge on any atom is 0.0886 e. The van der Waals surface area contributed by atoms with Gasteiger partial charge in [-0.3, -0.25) is 19.9 Å². The number of nitrogens with zero attached hydrogens (tertiary/aromatic N) is 4. The summed E-state index contributed by atoms with van der Waals surface area (Å²) in [5.41, 5.74) is 11.9. The van der Waals surface area contributed by atoms with Gasteiger partial charge in [-0.15, -0.1) is 0 Å². The Morgan fingerprint density at radius 3 is 1.77 bits per heavy atom. The van der Waals surface area contributed by atoms with E-state index in [9.17, 15) is 0 Å². The second-order valence-electron chi connectivity index (χ2n) is 11.0. The van der Waals surface area contributed by atoms with E-state index >= 15 is 0 Å². The first-order valence-electron chi connectivity index (χ1n) is 14.9. The molecule has 0 N–H and O–H groups in total. The van der Waals surface area contributed by atoms with E-state index in [-0.39, 0.29) is 5.92 Å². The summed E-state index contributed by atoms with van der Waals surface area (Å²) in [7, 11) is 0. The smallest absolute Gasteiger partial charge is 0.0886 e. The maximum atomic E-state index is 4.88. The Balaban J connectivity index is 1.37. The third-order valence-electron chi connectivity index (χ3n) is 8.46. The largest absolute Gasteiger partial charge is 0.255 e. The Morgan fingerprint density at radius 1 is 0.500 bits per heavy atom. The number of hydrogen-bond donors (Lipinski definition) is 0. The van der Waals surface area contributed by atoms with Crippen LogP contribution in [0.15, 0.2) is 158 Å². The fraction of sp³-hybridized carbons (Fsp3) is 0.0500. The number of aromatic nitrogens is 4. The van der Waals surface area contributed by atoms with Crippen LogP contribution in [-0.4, -0.2) is 19.9 Å².